The predicted molar refractivity (Wildman–Crippen MR) is 88.6 cm³/mol. The van der Waals surface area contributed by atoms with Gasteiger partial charge in [-0.1, -0.05) is 28.1 Å². The Kier molecular flexibility index (Phi) is 4.26. The average Bonchev–Trinajstić information content (AvgIpc) is 3.00. The molecule has 0 radical (unpaired) electrons. The van der Waals surface area contributed by atoms with Crippen LogP contribution in [0.4, 0.5) is 5.95 Å². The molecular weight excluding hydrogens is 330 g/mol. The van der Waals surface area contributed by atoms with Gasteiger partial charge in [-0.25, -0.2) is 0 Å². The van der Waals surface area contributed by atoms with Crippen molar-refractivity contribution in [1.29, 1.82) is 0 Å². The van der Waals surface area contributed by atoms with E-state index in [4.69, 9.17) is 0 Å². The molecular formula is C15H20BrN5. The maximum atomic E-state index is 4.64. The highest BCUT2D eigenvalue weighted by molar-refractivity contribution is 9.10. The van der Waals surface area contributed by atoms with Crippen molar-refractivity contribution in [3.63, 3.8) is 0 Å². The van der Waals surface area contributed by atoms with Gasteiger partial charge in [-0.05, 0) is 38.4 Å². The molecule has 2 N–H and O–H groups in total. The molecule has 1 aliphatic heterocycles. The maximum Gasteiger partial charge on any atom is 0.245 e. The summed E-state index contributed by atoms with van der Waals surface area (Å²) < 4.78 is 1.09. The molecule has 3 rings (SSSR count). The molecule has 2 aromatic rings. The number of hydrogen-bond donors (Lipinski definition) is 2. The number of piperidine rings is 1. The second-order valence-electron chi connectivity index (χ2n) is 5.50. The fraction of sp³-hybridized carbons (Fsp3) is 0.467. The van der Waals surface area contributed by atoms with Gasteiger partial charge in [0, 0.05) is 29.2 Å². The van der Waals surface area contributed by atoms with Gasteiger partial charge in [0.1, 0.15) is 0 Å². The zero-order valence-electron chi connectivity index (χ0n) is 12.4. The van der Waals surface area contributed by atoms with E-state index in [2.05, 4.69) is 66.5 Å². The van der Waals surface area contributed by atoms with Gasteiger partial charge >= 0.3 is 0 Å². The number of rotatable bonds is 3. The Morgan fingerprint density at radius 3 is 2.76 bits per heavy atom. The van der Waals surface area contributed by atoms with Crippen molar-refractivity contribution < 1.29 is 0 Å². The van der Waals surface area contributed by atoms with Crippen molar-refractivity contribution in [2.45, 2.75) is 25.8 Å². The highest BCUT2D eigenvalue weighted by Crippen LogP contribution is 2.25. The molecule has 0 atom stereocenters. The summed E-state index contributed by atoms with van der Waals surface area (Å²) in [4.78, 5) is 6.89. The van der Waals surface area contributed by atoms with E-state index < -0.39 is 0 Å². The third kappa shape index (κ3) is 3.11. The van der Waals surface area contributed by atoms with Crippen LogP contribution < -0.4 is 10.2 Å². The summed E-state index contributed by atoms with van der Waals surface area (Å²) in [6.07, 6.45) is 2.27. The minimum absolute atomic E-state index is 0.618. The zero-order chi connectivity index (χ0) is 14.8. The third-order valence-corrected chi connectivity index (χ3v) is 4.96. The van der Waals surface area contributed by atoms with Crippen LogP contribution in [0.2, 0.25) is 0 Å². The number of anilines is 1. The Bertz CT molecular complexity index is 616. The van der Waals surface area contributed by atoms with Gasteiger partial charge in [0.25, 0.3) is 0 Å². The molecule has 1 saturated heterocycles. The van der Waals surface area contributed by atoms with Crippen LogP contribution in [0.5, 0.6) is 0 Å². The van der Waals surface area contributed by atoms with E-state index >= 15 is 0 Å². The summed E-state index contributed by atoms with van der Waals surface area (Å²) in [5.41, 5.74) is 2.27. The summed E-state index contributed by atoms with van der Waals surface area (Å²) in [5, 5.41) is 10.8. The van der Waals surface area contributed by atoms with E-state index in [1.807, 2.05) is 7.05 Å². The second-order valence-corrected chi connectivity index (χ2v) is 6.35. The van der Waals surface area contributed by atoms with Crippen LogP contribution in [0.25, 0.3) is 11.4 Å². The van der Waals surface area contributed by atoms with E-state index in [0.717, 1.165) is 47.7 Å². The molecule has 0 spiro atoms. The lowest BCUT2D eigenvalue weighted by Crippen LogP contribution is -2.41. The minimum atomic E-state index is 0.618. The van der Waals surface area contributed by atoms with Gasteiger partial charge in [-0.3, -0.25) is 5.10 Å². The standard InChI is InChI=1S/C15H20BrN5/c1-10-3-4-11(9-13(10)16)14-18-15(20-19-14)21-7-5-12(17-2)6-8-21/h3-4,9,12,17H,5-8H2,1-2H3,(H,18,19,20). The number of H-pyrrole nitrogens is 1. The summed E-state index contributed by atoms with van der Waals surface area (Å²) in [6, 6.07) is 6.84. The molecule has 0 saturated carbocycles. The van der Waals surface area contributed by atoms with E-state index in [1.54, 1.807) is 0 Å². The Hall–Kier alpha value is -1.40. The van der Waals surface area contributed by atoms with Crippen LogP contribution in [0.1, 0.15) is 18.4 Å². The van der Waals surface area contributed by atoms with Gasteiger partial charge in [-0.15, -0.1) is 5.10 Å². The lowest BCUT2D eigenvalue weighted by atomic mass is 10.1. The Morgan fingerprint density at radius 1 is 1.33 bits per heavy atom. The van der Waals surface area contributed by atoms with Crippen LogP contribution >= 0.6 is 15.9 Å². The van der Waals surface area contributed by atoms with E-state index in [9.17, 15) is 0 Å². The first-order valence-electron chi connectivity index (χ1n) is 7.28. The van der Waals surface area contributed by atoms with Crippen molar-refractivity contribution in [3.05, 3.63) is 28.2 Å². The van der Waals surface area contributed by atoms with Gasteiger partial charge in [0.15, 0.2) is 5.82 Å². The summed E-state index contributed by atoms with van der Waals surface area (Å²) >= 11 is 3.56. The molecule has 2 heterocycles. The van der Waals surface area contributed by atoms with Crippen LogP contribution in [-0.4, -0.2) is 41.4 Å². The average molecular weight is 350 g/mol. The molecule has 21 heavy (non-hydrogen) atoms. The molecule has 1 fully saturated rings. The Morgan fingerprint density at radius 2 is 2.10 bits per heavy atom. The first-order chi connectivity index (χ1) is 10.2. The monoisotopic (exact) mass is 349 g/mol. The van der Waals surface area contributed by atoms with Crippen LogP contribution in [-0.2, 0) is 0 Å². The maximum absolute atomic E-state index is 4.64. The Labute approximate surface area is 133 Å². The van der Waals surface area contributed by atoms with Crippen molar-refractivity contribution in [2.24, 2.45) is 0 Å². The van der Waals surface area contributed by atoms with Crippen molar-refractivity contribution >= 4 is 21.9 Å². The fourth-order valence-corrected chi connectivity index (χ4v) is 3.01. The highest BCUT2D eigenvalue weighted by Gasteiger charge is 2.21. The second kappa shape index (κ2) is 6.15. The third-order valence-electron chi connectivity index (χ3n) is 4.10. The molecule has 1 aliphatic rings. The smallest absolute Gasteiger partial charge is 0.245 e. The number of nitrogens with zero attached hydrogens (tertiary/aromatic N) is 3. The summed E-state index contributed by atoms with van der Waals surface area (Å²) in [5.74, 6) is 1.62. The molecule has 0 bridgehead atoms. The van der Waals surface area contributed by atoms with Gasteiger partial charge in [-0.2, -0.15) is 4.98 Å². The first-order valence-corrected chi connectivity index (χ1v) is 8.08. The van der Waals surface area contributed by atoms with E-state index in [-0.39, 0.29) is 0 Å². The largest absolute Gasteiger partial charge is 0.339 e. The number of aromatic amines is 1. The first kappa shape index (κ1) is 14.5. The highest BCUT2D eigenvalue weighted by atomic mass is 79.9. The number of aromatic nitrogens is 3. The number of halogens is 1. The minimum Gasteiger partial charge on any atom is -0.339 e. The molecule has 1 aromatic heterocycles. The SMILES string of the molecule is CNC1CCN(c2n[nH]c(-c3ccc(C)c(Br)c3)n2)CC1. The van der Waals surface area contributed by atoms with Crippen LogP contribution in [0.15, 0.2) is 22.7 Å². The molecule has 1 aromatic carbocycles. The molecule has 0 amide bonds. The molecule has 5 nitrogen and oxygen atoms in total. The molecule has 6 heteroatoms. The number of aryl methyl sites for hydroxylation is 1. The zero-order valence-corrected chi connectivity index (χ0v) is 13.9. The predicted octanol–water partition coefficient (Wildman–Crippen LogP) is 2.73. The topological polar surface area (TPSA) is 56.8 Å². The van der Waals surface area contributed by atoms with Crippen LogP contribution in [0, 0.1) is 6.92 Å². The van der Waals surface area contributed by atoms with Crippen molar-refractivity contribution in [2.75, 3.05) is 25.0 Å². The Balaban J connectivity index is 1.76. The lowest BCUT2D eigenvalue weighted by molar-refractivity contribution is 0.439. The normalized spacial score (nSPS) is 16.4. The van der Waals surface area contributed by atoms with E-state index in [0.29, 0.717) is 6.04 Å². The molecule has 0 unspecified atom stereocenters. The summed E-state index contributed by atoms with van der Waals surface area (Å²) in [7, 11) is 2.03. The number of nitrogens with one attached hydrogen (secondary N) is 2. The summed E-state index contributed by atoms with van der Waals surface area (Å²) in [6.45, 7) is 4.08. The van der Waals surface area contributed by atoms with Crippen LogP contribution in [0.3, 0.4) is 0 Å². The van der Waals surface area contributed by atoms with E-state index in [1.165, 1.54) is 5.56 Å². The van der Waals surface area contributed by atoms with Gasteiger partial charge < -0.3 is 10.2 Å². The van der Waals surface area contributed by atoms with Crippen molar-refractivity contribution in [1.82, 2.24) is 20.5 Å². The lowest BCUT2D eigenvalue weighted by Gasteiger charge is -2.30. The quantitative estimate of drug-likeness (QED) is 0.894. The number of benzene rings is 1. The number of hydrogen-bond acceptors (Lipinski definition) is 4. The van der Waals surface area contributed by atoms with Gasteiger partial charge in [0.05, 0.1) is 0 Å². The van der Waals surface area contributed by atoms with Crippen molar-refractivity contribution in [3.8, 4) is 11.4 Å². The van der Waals surface area contributed by atoms with Gasteiger partial charge in [0.2, 0.25) is 5.95 Å². The fourth-order valence-electron chi connectivity index (χ4n) is 2.63. The molecule has 0 aliphatic carbocycles. The molecule has 112 valence electrons.